The van der Waals surface area contributed by atoms with Crippen LogP contribution in [-0.4, -0.2) is 18.5 Å². The predicted octanol–water partition coefficient (Wildman–Crippen LogP) is 5.50. The van der Waals surface area contributed by atoms with E-state index in [2.05, 4.69) is 16.0 Å². The van der Waals surface area contributed by atoms with Crippen molar-refractivity contribution in [2.24, 2.45) is 0 Å². The van der Waals surface area contributed by atoms with Gasteiger partial charge in [0.05, 0.1) is 0 Å². The molecule has 0 aliphatic heterocycles. The standard InChI is InChI=1S/C25H21N3O3/c29-24(17-31-23-15-6-9-18-8-4-5-14-22(18)23)26-20-12-7-13-21(16-20)28-25(30)27-19-10-2-1-3-11-19/h1-16H,17H2,(H,26,29)(H2,27,28,30). The first kappa shape index (κ1) is 20.0. The second-order valence-electron chi connectivity index (χ2n) is 6.84. The first-order valence-electron chi connectivity index (χ1n) is 9.81. The summed E-state index contributed by atoms with van der Waals surface area (Å²) in [6.45, 7) is -0.125. The molecule has 0 bridgehead atoms. The summed E-state index contributed by atoms with van der Waals surface area (Å²) in [5, 5.41) is 10.3. The fourth-order valence-electron chi connectivity index (χ4n) is 3.15. The Morgan fingerprint density at radius 3 is 2.10 bits per heavy atom. The molecule has 4 aromatic rings. The molecule has 6 nitrogen and oxygen atoms in total. The predicted molar refractivity (Wildman–Crippen MR) is 124 cm³/mol. The molecule has 3 N–H and O–H groups in total. The zero-order valence-corrected chi connectivity index (χ0v) is 16.7. The van der Waals surface area contributed by atoms with Gasteiger partial charge in [-0.05, 0) is 41.8 Å². The van der Waals surface area contributed by atoms with E-state index in [-0.39, 0.29) is 18.5 Å². The molecule has 6 heteroatoms. The van der Waals surface area contributed by atoms with Crippen molar-refractivity contribution in [2.45, 2.75) is 0 Å². The topological polar surface area (TPSA) is 79.5 Å². The number of carbonyl (C=O) groups excluding carboxylic acids is 2. The Morgan fingerprint density at radius 1 is 0.645 bits per heavy atom. The highest BCUT2D eigenvalue weighted by atomic mass is 16.5. The highest BCUT2D eigenvalue weighted by molar-refractivity contribution is 6.00. The van der Waals surface area contributed by atoms with Gasteiger partial charge in [0.15, 0.2) is 6.61 Å². The zero-order chi connectivity index (χ0) is 21.5. The molecule has 4 rings (SSSR count). The number of anilines is 3. The molecule has 154 valence electrons. The van der Waals surface area contributed by atoms with Crippen LogP contribution in [0, 0.1) is 0 Å². The van der Waals surface area contributed by atoms with Crippen LogP contribution in [0.2, 0.25) is 0 Å². The van der Waals surface area contributed by atoms with Gasteiger partial charge in [0.2, 0.25) is 0 Å². The number of benzene rings is 4. The molecule has 0 aliphatic rings. The third-order valence-corrected chi connectivity index (χ3v) is 4.54. The van der Waals surface area contributed by atoms with E-state index in [1.807, 2.05) is 60.7 Å². The minimum Gasteiger partial charge on any atom is -0.483 e. The Labute approximate surface area is 179 Å². The lowest BCUT2D eigenvalue weighted by Crippen LogP contribution is -2.21. The molecule has 0 saturated heterocycles. The van der Waals surface area contributed by atoms with Crippen molar-refractivity contribution >= 4 is 39.8 Å². The van der Waals surface area contributed by atoms with Crippen LogP contribution in [0.15, 0.2) is 97.1 Å². The van der Waals surface area contributed by atoms with E-state index in [1.165, 1.54) is 0 Å². The van der Waals surface area contributed by atoms with Gasteiger partial charge < -0.3 is 20.7 Å². The Hall–Kier alpha value is -4.32. The highest BCUT2D eigenvalue weighted by Gasteiger charge is 2.08. The third-order valence-electron chi connectivity index (χ3n) is 4.54. The van der Waals surface area contributed by atoms with E-state index >= 15 is 0 Å². The van der Waals surface area contributed by atoms with Gasteiger partial charge in [-0.15, -0.1) is 0 Å². The van der Waals surface area contributed by atoms with Gasteiger partial charge in [0.1, 0.15) is 5.75 Å². The number of hydrogen-bond acceptors (Lipinski definition) is 3. The summed E-state index contributed by atoms with van der Waals surface area (Å²) < 4.78 is 5.72. The fourth-order valence-corrected chi connectivity index (χ4v) is 3.15. The second kappa shape index (κ2) is 9.45. The molecule has 31 heavy (non-hydrogen) atoms. The minimum absolute atomic E-state index is 0.125. The molecule has 0 aliphatic carbocycles. The van der Waals surface area contributed by atoms with E-state index in [0.29, 0.717) is 22.8 Å². The molecule has 0 fully saturated rings. The number of carbonyl (C=O) groups is 2. The Kier molecular flexibility index (Phi) is 6.09. The molecule has 3 amide bonds. The van der Waals surface area contributed by atoms with Gasteiger partial charge in [-0.1, -0.05) is 60.7 Å². The first-order valence-corrected chi connectivity index (χ1v) is 9.81. The number of fused-ring (bicyclic) bond motifs is 1. The molecule has 0 atom stereocenters. The van der Waals surface area contributed by atoms with Crippen LogP contribution in [0.1, 0.15) is 0 Å². The van der Waals surface area contributed by atoms with Gasteiger partial charge >= 0.3 is 6.03 Å². The molecule has 0 heterocycles. The normalized spacial score (nSPS) is 10.3. The molecule has 0 saturated carbocycles. The number of urea groups is 1. The monoisotopic (exact) mass is 411 g/mol. The van der Waals surface area contributed by atoms with E-state index in [9.17, 15) is 9.59 Å². The molecule has 4 aromatic carbocycles. The number of rotatable bonds is 6. The van der Waals surface area contributed by atoms with Crippen LogP contribution in [0.5, 0.6) is 5.75 Å². The number of ether oxygens (including phenoxy) is 1. The van der Waals surface area contributed by atoms with Gasteiger partial charge in [0.25, 0.3) is 5.91 Å². The van der Waals surface area contributed by atoms with Crippen molar-refractivity contribution in [2.75, 3.05) is 22.6 Å². The van der Waals surface area contributed by atoms with E-state index in [0.717, 1.165) is 10.8 Å². The van der Waals surface area contributed by atoms with Crippen LogP contribution in [-0.2, 0) is 4.79 Å². The Morgan fingerprint density at radius 2 is 1.26 bits per heavy atom. The Bertz CT molecular complexity index is 1200. The van der Waals surface area contributed by atoms with Crippen molar-refractivity contribution < 1.29 is 14.3 Å². The largest absolute Gasteiger partial charge is 0.483 e. The van der Waals surface area contributed by atoms with Crippen LogP contribution in [0.4, 0.5) is 21.9 Å². The molecule has 0 spiro atoms. The average Bonchev–Trinajstić information content (AvgIpc) is 2.78. The summed E-state index contributed by atoms with van der Waals surface area (Å²) in [6.07, 6.45) is 0. The minimum atomic E-state index is -0.367. The van der Waals surface area contributed by atoms with Crippen molar-refractivity contribution in [1.82, 2.24) is 0 Å². The quantitative estimate of drug-likeness (QED) is 0.392. The summed E-state index contributed by atoms with van der Waals surface area (Å²) in [5.41, 5.74) is 1.81. The lowest BCUT2D eigenvalue weighted by atomic mass is 10.1. The smallest absolute Gasteiger partial charge is 0.323 e. The number of hydrogen-bond donors (Lipinski definition) is 3. The van der Waals surface area contributed by atoms with Gasteiger partial charge in [0, 0.05) is 22.4 Å². The molecular formula is C25H21N3O3. The van der Waals surface area contributed by atoms with Crippen LogP contribution >= 0.6 is 0 Å². The van der Waals surface area contributed by atoms with E-state index < -0.39 is 0 Å². The van der Waals surface area contributed by atoms with Crippen LogP contribution in [0.25, 0.3) is 10.8 Å². The summed E-state index contributed by atoms with van der Waals surface area (Å²) in [5.74, 6) is 0.361. The molecule has 0 unspecified atom stereocenters. The summed E-state index contributed by atoms with van der Waals surface area (Å²) in [4.78, 5) is 24.5. The maximum absolute atomic E-state index is 12.4. The summed E-state index contributed by atoms with van der Waals surface area (Å²) in [6, 6.07) is 29.3. The third kappa shape index (κ3) is 5.39. The average molecular weight is 411 g/mol. The number of amides is 3. The summed E-state index contributed by atoms with van der Waals surface area (Å²) in [7, 11) is 0. The second-order valence-corrected chi connectivity index (χ2v) is 6.84. The number of nitrogens with one attached hydrogen (secondary N) is 3. The Balaban J connectivity index is 1.34. The SMILES string of the molecule is O=C(COc1cccc2ccccc12)Nc1cccc(NC(=O)Nc2ccccc2)c1. The van der Waals surface area contributed by atoms with Crippen molar-refractivity contribution in [3.63, 3.8) is 0 Å². The maximum Gasteiger partial charge on any atom is 0.323 e. The van der Waals surface area contributed by atoms with Crippen molar-refractivity contribution in [3.8, 4) is 5.75 Å². The number of para-hydroxylation sites is 1. The molecule has 0 aromatic heterocycles. The highest BCUT2D eigenvalue weighted by Crippen LogP contribution is 2.25. The van der Waals surface area contributed by atoms with E-state index in [4.69, 9.17) is 4.74 Å². The lowest BCUT2D eigenvalue weighted by Gasteiger charge is -2.11. The summed E-state index contributed by atoms with van der Waals surface area (Å²) >= 11 is 0. The van der Waals surface area contributed by atoms with Crippen LogP contribution in [0.3, 0.4) is 0 Å². The molecule has 0 radical (unpaired) electrons. The van der Waals surface area contributed by atoms with Crippen molar-refractivity contribution in [3.05, 3.63) is 97.1 Å². The zero-order valence-electron chi connectivity index (χ0n) is 16.7. The van der Waals surface area contributed by atoms with E-state index in [1.54, 1.807) is 36.4 Å². The molecular weight excluding hydrogens is 390 g/mol. The lowest BCUT2D eigenvalue weighted by molar-refractivity contribution is -0.118. The van der Waals surface area contributed by atoms with Gasteiger partial charge in [-0.3, -0.25) is 4.79 Å². The van der Waals surface area contributed by atoms with Gasteiger partial charge in [-0.2, -0.15) is 0 Å². The van der Waals surface area contributed by atoms with Crippen LogP contribution < -0.4 is 20.7 Å². The van der Waals surface area contributed by atoms with Gasteiger partial charge in [-0.25, -0.2) is 4.79 Å². The first-order chi connectivity index (χ1) is 15.2. The maximum atomic E-state index is 12.4. The van der Waals surface area contributed by atoms with Crippen molar-refractivity contribution in [1.29, 1.82) is 0 Å². The fraction of sp³-hybridized carbons (Fsp3) is 0.0400.